The van der Waals surface area contributed by atoms with Gasteiger partial charge in [0.05, 0.1) is 24.0 Å². The van der Waals surface area contributed by atoms with E-state index in [4.69, 9.17) is 4.74 Å². The smallest absolute Gasteiger partial charge is 0.387 e. The molecule has 3 heterocycles. The number of phosphoric ester groups is 1. The fraction of sp³-hybridized carbons (Fsp3) is 0.241. The normalized spacial score (nSPS) is 23.2. The van der Waals surface area contributed by atoms with Crippen molar-refractivity contribution in [3.63, 3.8) is 0 Å². The number of benzene rings is 3. The van der Waals surface area contributed by atoms with Gasteiger partial charge in [-0.1, -0.05) is 54.6 Å². The van der Waals surface area contributed by atoms with Crippen LogP contribution in [0.5, 0.6) is 0 Å². The summed E-state index contributed by atoms with van der Waals surface area (Å²) in [5.41, 5.74) is -1.46. The number of imidazole rings is 1. The predicted molar refractivity (Wildman–Crippen MR) is 171 cm³/mol. The number of fused-ring (bicyclic) bond motifs is 2. The van der Waals surface area contributed by atoms with Crippen molar-refractivity contribution in [2.75, 3.05) is 6.61 Å². The van der Waals surface area contributed by atoms with E-state index in [1.54, 1.807) is 36.4 Å². The molecule has 1 aliphatic rings. The summed E-state index contributed by atoms with van der Waals surface area (Å²) in [6, 6.07) is 17.1. The van der Waals surface area contributed by atoms with Crippen molar-refractivity contribution >= 4 is 39.7 Å². The molecule has 3 aromatic carbocycles. The number of ether oxygens (including phenoxy) is 1. The summed E-state index contributed by atoms with van der Waals surface area (Å²) in [7, 11) is -16.3. The van der Waals surface area contributed by atoms with Crippen LogP contribution in [-0.2, 0) is 43.9 Å². The van der Waals surface area contributed by atoms with Gasteiger partial charge in [-0.05, 0) is 34.5 Å². The largest absolute Gasteiger partial charge is 0.488 e. The van der Waals surface area contributed by atoms with Crippen LogP contribution in [0.15, 0.2) is 90.0 Å². The molecule has 0 amide bonds. The van der Waals surface area contributed by atoms with Gasteiger partial charge in [-0.15, -0.1) is 0 Å². The Hall–Kier alpha value is -3.54. The lowest BCUT2D eigenvalue weighted by Crippen LogP contribution is -2.36. The van der Waals surface area contributed by atoms with E-state index in [-0.39, 0.29) is 22.5 Å². The zero-order valence-corrected chi connectivity index (χ0v) is 28.3. The van der Waals surface area contributed by atoms with Crippen molar-refractivity contribution in [3.05, 3.63) is 107 Å². The Balaban J connectivity index is 1.11. The van der Waals surface area contributed by atoms with Crippen molar-refractivity contribution in [2.45, 2.75) is 36.9 Å². The highest BCUT2D eigenvalue weighted by atomic mass is 31.3. The molecule has 6 rings (SSSR count). The molecule has 0 saturated carbocycles. The fourth-order valence-corrected chi connectivity index (χ4v) is 9.64. The molecule has 7 atom stereocenters. The van der Waals surface area contributed by atoms with E-state index in [1.165, 1.54) is 24.3 Å². The van der Waals surface area contributed by atoms with Gasteiger partial charge >= 0.3 is 35.1 Å². The summed E-state index contributed by atoms with van der Waals surface area (Å²) in [4.78, 5) is 47.9. The summed E-state index contributed by atoms with van der Waals surface area (Å²) in [5.74, 6) is 0. The van der Waals surface area contributed by atoms with Gasteiger partial charge in [-0.2, -0.15) is 17.5 Å². The van der Waals surface area contributed by atoms with Gasteiger partial charge in [0.25, 0.3) is 0 Å². The average molecular weight is 775 g/mol. The maximum atomic E-state index is 13.3. The minimum Gasteiger partial charge on any atom is -0.387 e. The lowest BCUT2D eigenvalue weighted by atomic mass is 10.1. The van der Waals surface area contributed by atoms with Crippen LogP contribution in [0, 0.1) is 0 Å². The zero-order chi connectivity index (χ0) is 36.9. The second kappa shape index (κ2) is 13.8. The summed E-state index contributed by atoms with van der Waals surface area (Å²) in [5, 5.41) is 22.4. The van der Waals surface area contributed by atoms with Gasteiger partial charge in [-0.25, -0.2) is 23.2 Å². The van der Waals surface area contributed by atoms with Gasteiger partial charge in [0.15, 0.2) is 6.23 Å². The van der Waals surface area contributed by atoms with Crippen LogP contribution in [0.1, 0.15) is 17.4 Å². The molecule has 272 valence electrons. The lowest BCUT2D eigenvalue weighted by Gasteiger charge is -2.20. The van der Waals surface area contributed by atoms with Gasteiger partial charge in [0, 0.05) is 18.0 Å². The molecule has 1 fully saturated rings. The molecular weight excluding hydrogens is 748 g/mol. The molecule has 22 heteroatoms. The monoisotopic (exact) mass is 775 g/mol. The van der Waals surface area contributed by atoms with E-state index in [2.05, 4.69) is 18.1 Å². The molecule has 7 unspecified atom stereocenters. The Morgan fingerprint density at radius 2 is 1.59 bits per heavy atom. The zero-order valence-electron chi connectivity index (χ0n) is 25.6. The average Bonchev–Trinajstić information content (AvgIpc) is 3.60. The van der Waals surface area contributed by atoms with Crippen LogP contribution < -0.4 is 5.69 Å². The number of halogens is 3. The maximum Gasteiger partial charge on any atom is 0.488 e. The van der Waals surface area contributed by atoms with E-state index in [0.717, 1.165) is 33.5 Å². The van der Waals surface area contributed by atoms with Gasteiger partial charge in [0.2, 0.25) is 0 Å². The SMILES string of the molecule is O=c1n(C2OC(COP(=O)(O)OP(=O)(O)OP(=O)(O)Cc3cccc4ccccc34)C(O)C2O)ccc2nc(-c3cccc(C(F)(F)F)c3)cn12. The van der Waals surface area contributed by atoms with Crippen LogP contribution in [0.3, 0.4) is 0 Å². The van der Waals surface area contributed by atoms with Crippen molar-refractivity contribution < 1.29 is 69.6 Å². The Morgan fingerprint density at radius 3 is 2.33 bits per heavy atom. The number of hydrogen-bond donors (Lipinski definition) is 5. The summed E-state index contributed by atoms with van der Waals surface area (Å²) < 4.78 is 97.9. The van der Waals surface area contributed by atoms with Gasteiger partial charge in [-0.3, -0.25) is 18.1 Å². The van der Waals surface area contributed by atoms with E-state index >= 15 is 0 Å². The molecule has 51 heavy (non-hydrogen) atoms. The minimum atomic E-state index is -5.76. The number of nitrogens with zero attached hydrogens (tertiary/aromatic N) is 3. The number of hydrogen-bond acceptors (Lipinski definition) is 11. The first-order valence-corrected chi connectivity index (χ1v) is 19.4. The van der Waals surface area contributed by atoms with E-state index in [9.17, 15) is 56.6 Å². The fourth-order valence-electron chi connectivity index (χ4n) is 5.46. The molecule has 5 N–H and O–H groups in total. The molecule has 0 radical (unpaired) electrons. The second-order valence-electron chi connectivity index (χ2n) is 11.3. The lowest BCUT2D eigenvalue weighted by molar-refractivity contribution is -0.137. The Morgan fingerprint density at radius 1 is 0.882 bits per heavy atom. The molecule has 1 aliphatic heterocycles. The van der Waals surface area contributed by atoms with Crippen LogP contribution >= 0.6 is 23.2 Å². The number of alkyl halides is 3. The highest BCUT2D eigenvalue weighted by molar-refractivity contribution is 7.68. The highest BCUT2D eigenvalue weighted by Gasteiger charge is 2.47. The van der Waals surface area contributed by atoms with Crippen molar-refractivity contribution in [3.8, 4) is 11.3 Å². The van der Waals surface area contributed by atoms with Crippen molar-refractivity contribution in [1.29, 1.82) is 0 Å². The molecule has 0 spiro atoms. The molecule has 0 aliphatic carbocycles. The third kappa shape index (κ3) is 8.26. The predicted octanol–water partition coefficient (Wildman–Crippen LogP) is 4.59. The first-order valence-electron chi connectivity index (χ1n) is 14.6. The second-order valence-corrected chi connectivity index (χ2v) is 16.3. The number of aliphatic hydroxyl groups is 2. The molecular formula is C29H27F3N3O13P3. The Kier molecular flexibility index (Phi) is 10.1. The molecule has 0 bridgehead atoms. The van der Waals surface area contributed by atoms with Crippen LogP contribution in [-0.4, -0.2) is 63.8 Å². The van der Waals surface area contributed by atoms with Gasteiger partial charge in [0.1, 0.15) is 24.0 Å². The highest BCUT2D eigenvalue weighted by Crippen LogP contribution is 2.68. The summed E-state index contributed by atoms with van der Waals surface area (Å²) in [6.45, 7) is -1.07. The molecule has 16 nitrogen and oxygen atoms in total. The number of phosphoric acid groups is 2. The van der Waals surface area contributed by atoms with E-state index in [0.29, 0.717) is 10.8 Å². The summed E-state index contributed by atoms with van der Waals surface area (Å²) in [6.07, 6.45) is -10.1. The minimum absolute atomic E-state index is 0.0186. The number of rotatable bonds is 11. The van der Waals surface area contributed by atoms with Crippen molar-refractivity contribution in [2.24, 2.45) is 0 Å². The summed E-state index contributed by atoms with van der Waals surface area (Å²) >= 11 is 0. The van der Waals surface area contributed by atoms with Crippen LogP contribution in [0.2, 0.25) is 0 Å². The first kappa shape index (κ1) is 37.2. The van der Waals surface area contributed by atoms with E-state index < -0.39 is 78.0 Å². The van der Waals surface area contributed by atoms with Crippen LogP contribution in [0.25, 0.3) is 27.7 Å². The number of aliphatic hydroxyl groups excluding tert-OH is 2. The number of aromatic nitrogens is 3. The van der Waals surface area contributed by atoms with Crippen molar-refractivity contribution in [1.82, 2.24) is 14.0 Å². The Bertz CT molecular complexity index is 2310. The Labute approximate surface area is 284 Å². The topological polar surface area (TPSA) is 229 Å². The first-order chi connectivity index (χ1) is 23.8. The standard InChI is InChI=1S/C29H27F3N3O13P3/c30-29(31,32)20-9-4-7-18(13-20)22-14-35-24(33-22)11-12-34(28(35)38)27-26(37)25(36)23(46-27)15-45-50(41,42)48-51(43,44)47-49(39,40)16-19-8-3-6-17-5-1-2-10-21(17)19/h1-14,23,25-27,36-37H,15-16H2,(H,39,40)(H,41,42)(H,43,44). The third-order valence-corrected chi connectivity index (χ3v) is 12.4. The molecule has 1 saturated heterocycles. The van der Waals surface area contributed by atoms with Gasteiger partial charge < -0.3 is 29.6 Å². The van der Waals surface area contributed by atoms with Crippen LogP contribution in [0.4, 0.5) is 13.2 Å². The maximum absolute atomic E-state index is 13.3. The molecule has 2 aromatic heterocycles. The van der Waals surface area contributed by atoms with E-state index in [1.807, 2.05) is 0 Å². The third-order valence-electron chi connectivity index (χ3n) is 7.73. The molecule has 5 aromatic rings. The quantitative estimate of drug-likeness (QED) is 0.116.